The van der Waals surface area contributed by atoms with Gasteiger partial charge in [-0.05, 0) is 37.5 Å². The normalized spacial score (nSPS) is 10.2. The zero-order chi connectivity index (χ0) is 14.1. The molecule has 1 rings (SSSR count). The van der Waals surface area contributed by atoms with Gasteiger partial charge in [-0.25, -0.2) is 4.79 Å². The van der Waals surface area contributed by atoms with Gasteiger partial charge in [-0.1, -0.05) is 51.3 Å². The third kappa shape index (κ3) is 6.23. The number of esters is 1. The van der Waals surface area contributed by atoms with Gasteiger partial charge in [-0.15, -0.1) is 0 Å². The van der Waals surface area contributed by atoms with E-state index in [1.807, 2.05) is 24.3 Å². The summed E-state index contributed by atoms with van der Waals surface area (Å²) >= 11 is 0. The molecule has 0 unspecified atom stereocenters. The van der Waals surface area contributed by atoms with Crippen LogP contribution in [0.4, 0.5) is 0 Å². The van der Waals surface area contributed by atoms with Crippen molar-refractivity contribution in [2.75, 3.05) is 0 Å². The number of benzene rings is 1. The molecule has 0 saturated heterocycles. The molecule has 1 aromatic rings. The van der Waals surface area contributed by atoms with E-state index in [-0.39, 0.29) is 5.97 Å². The van der Waals surface area contributed by atoms with E-state index in [9.17, 15) is 4.79 Å². The van der Waals surface area contributed by atoms with Crippen molar-refractivity contribution < 1.29 is 9.53 Å². The average Bonchev–Trinajstić information content (AvgIpc) is 2.40. The summed E-state index contributed by atoms with van der Waals surface area (Å²) in [4.78, 5) is 11.3. The first-order valence-corrected chi connectivity index (χ1v) is 7.10. The summed E-state index contributed by atoms with van der Waals surface area (Å²) in [5, 5.41) is 0. The second-order valence-corrected chi connectivity index (χ2v) is 4.98. The minimum absolute atomic E-state index is 0.368. The van der Waals surface area contributed by atoms with Gasteiger partial charge in [0.05, 0.1) is 0 Å². The maximum Gasteiger partial charge on any atom is 0.338 e. The zero-order valence-corrected chi connectivity index (χ0v) is 12.1. The van der Waals surface area contributed by atoms with E-state index in [0.717, 1.165) is 6.42 Å². The van der Waals surface area contributed by atoms with Gasteiger partial charge >= 0.3 is 5.97 Å². The maximum absolute atomic E-state index is 11.3. The van der Waals surface area contributed by atoms with Gasteiger partial charge in [0.25, 0.3) is 0 Å². The highest BCUT2D eigenvalue weighted by atomic mass is 16.5. The predicted molar refractivity (Wildman–Crippen MR) is 79.4 cm³/mol. The molecule has 19 heavy (non-hydrogen) atoms. The Labute approximate surface area is 116 Å². The molecule has 1 aromatic carbocycles. The third-order valence-corrected chi connectivity index (χ3v) is 3.05. The molecule has 0 aromatic heterocycles. The van der Waals surface area contributed by atoms with Crippen molar-refractivity contribution in [1.29, 1.82) is 0 Å². The minimum atomic E-state index is -0.368. The van der Waals surface area contributed by atoms with Gasteiger partial charge in [-0.3, -0.25) is 0 Å². The van der Waals surface area contributed by atoms with E-state index in [4.69, 9.17) is 4.74 Å². The van der Waals surface area contributed by atoms with Crippen LogP contribution in [0, 0.1) is 0 Å². The lowest BCUT2D eigenvalue weighted by atomic mass is 10.1. The molecule has 0 heterocycles. The first kappa shape index (κ1) is 15.5. The lowest BCUT2D eigenvalue weighted by Crippen LogP contribution is -2.07. The van der Waals surface area contributed by atoms with Crippen molar-refractivity contribution >= 4 is 5.97 Å². The topological polar surface area (TPSA) is 26.3 Å². The van der Waals surface area contributed by atoms with E-state index >= 15 is 0 Å². The fourth-order valence-corrected chi connectivity index (χ4v) is 1.85. The maximum atomic E-state index is 11.3. The summed E-state index contributed by atoms with van der Waals surface area (Å²) in [6.07, 6.45) is 7.55. The summed E-state index contributed by atoms with van der Waals surface area (Å²) in [5.41, 5.74) is 1.71. The monoisotopic (exact) mass is 260 g/mol. The van der Waals surface area contributed by atoms with Gasteiger partial charge in [0.15, 0.2) is 0 Å². The standard InChI is InChI=1S/C17H24O2/c1-4-5-6-7-8-9-15-10-12-16(13-11-15)19-17(18)14(2)3/h10-13H,2,4-9H2,1,3H3. The number of carbonyl (C=O) groups is 1. The highest BCUT2D eigenvalue weighted by molar-refractivity contribution is 5.88. The molecule has 0 atom stereocenters. The van der Waals surface area contributed by atoms with Crippen molar-refractivity contribution in [1.82, 2.24) is 0 Å². The predicted octanol–water partition coefficient (Wildman–Crippen LogP) is 4.68. The van der Waals surface area contributed by atoms with Crippen LogP contribution in [-0.4, -0.2) is 5.97 Å². The fraction of sp³-hybridized carbons (Fsp3) is 0.471. The van der Waals surface area contributed by atoms with Gasteiger partial charge in [-0.2, -0.15) is 0 Å². The first-order chi connectivity index (χ1) is 9.13. The highest BCUT2D eigenvalue weighted by Crippen LogP contribution is 2.15. The second kappa shape index (κ2) is 8.52. The van der Waals surface area contributed by atoms with Crippen LogP contribution in [0.3, 0.4) is 0 Å². The summed E-state index contributed by atoms with van der Waals surface area (Å²) in [6, 6.07) is 7.76. The van der Waals surface area contributed by atoms with E-state index in [1.165, 1.54) is 37.7 Å². The molecule has 0 aliphatic heterocycles. The Balaban J connectivity index is 2.35. The van der Waals surface area contributed by atoms with Crippen LogP contribution in [-0.2, 0) is 11.2 Å². The van der Waals surface area contributed by atoms with Crippen molar-refractivity contribution in [3.63, 3.8) is 0 Å². The summed E-state index contributed by atoms with van der Waals surface area (Å²) < 4.78 is 5.15. The van der Waals surface area contributed by atoms with Gasteiger partial charge in [0.2, 0.25) is 0 Å². The quantitative estimate of drug-likeness (QED) is 0.293. The molecule has 104 valence electrons. The Hall–Kier alpha value is -1.57. The van der Waals surface area contributed by atoms with Crippen molar-refractivity contribution in [3.05, 3.63) is 42.0 Å². The summed E-state index contributed by atoms with van der Waals surface area (Å²) in [6.45, 7) is 7.43. The van der Waals surface area contributed by atoms with Crippen LogP contribution in [0.15, 0.2) is 36.4 Å². The van der Waals surface area contributed by atoms with Crippen LogP contribution in [0.2, 0.25) is 0 Å². The molecule has 0 aliphatic rings. The van der Waals surface area contributed by atoms with Crippen molar-refractivity contribution in [3.8, 4) is 5.75 Å². The Morgan fingerprint density at radius 1 is 1.11 bits per heavy atom. The Morgan fingerprint density at radius 2 is 1.74 bits per heavy atom. The highest BCUT2D eigenvalue weighted by Gasteiger charge is 2.04. The minimum Gasteiger partial charge on any atom is -0.423 e. The number of carbonyl (C=O) groups excluding carboxylic acids is 1. The number of rotatable bonds is 8. The molecular weight excluding hydrogens is 236 g/mol. The molecule has 0 saturated carbocycles. The lowest BCUT2D eigenvalue weighted by Gasteiger charge is -2.05. The zero-order valence-electron chi connectivity index (χ0n) is 12.1. The SMILES string of the molecule is C=C(C)C(=O)Oc1ccc(CCCCCCC)cc1. The van der Waals surface area contributed by atoms with Crippen molar-refractivity contribution in [2.24, 2.45) is 0 Å². The molecule has 0 aliphatic carbocycles. The smallest absolute Gasteiger partial charge is 0.338 e. The molecule has 0 N–H and O–H groups in total. The number of hydrogen-bond acceptors (Lipinski definition) is 2. The van der Waals surface area contributed by atoms with E-state index in [1.54, 1.807) is 6.92 Å². The Bertz CT molecular complexity index is 404. The summed E-state index contributed by atoms with van der Waals surface area (Å²) in [7, 11) is 0. The van der Waals surface area contributed by atoms with Crippen LogP contribution in [0.1, 0.15) is 51.5 Å². The molecule has 2 nitrogen and oxygen atoms in total. The van der Waals surface area contributed by atoms with E-state index in [2.05, 4.69) is 13.5 Å². The van der Waals surface area contributed by atoms with E-state index in [0.29, 0.717) is 11.3 Å². The Morgan fingerprint density at radius 3 is 2.32 bits per heavy atom. The fourth-order valence-electron chi connectivity index (χ4n) is 1.85. The molecule has 0 spiro atoms. The Kier molecular flexibility index (Phi) is 6.94. The van der Waals surface area contributed by atoms with Gasteiger partial charge in [0, 0.05) is 5.57 Å². The molecule has 0 amide bonds. The number of unbranched alkanes of at least 4 members (excludes halogenated alkanes) is 4. The molecule has 0 radical (unpaired) electrons. The van der Waals surface area contributed by atoms with Gasteiger partial charge in [0.1, 0.15) is 5.75 Å². The molecule has 2 heteroatoms. The number of ether oxygens (including phenoxy) is 1. The molecule has 0 fully saturated rings. The summed E-state index contributed by atoms with van der Waals surface area (Å²) in [5.74, 6) is 0.218. The molecule has 0 bridgehead atoms. The molecular formula is C17H24O2. The van der Waals surface area contributed by atoms with Crippen LogP contribution < -0.4 is 4.74 Å². The first-order valence-electron chi connectivity index (χ1n) is 7.10. The van der Waals surface area contributed by atoms with Crippen molar-refractivity contribution in [2.45, 2.75) is 52.4 Å². The van der Waals surface area contributed by atoms with E-state index < -0.39 is 0 Å². The number of aryl methyl sites for hydroxylation is 1. The van der Waals surface area contributed by atoms with Crippen LogP contribution in [0.25, 0.3) is 0 Å². The number of hydrogen-bond donors (Lipinski definition) is 0. The third-order valence-electron chi connectivity index (χ3n) is 3.05. The lowest BCUT2D eigenvalue weighted by molar-refractivity contribution is -0.130. The van der Waals surface area contributed by atoms with Crippen LogP contribution in [0.5, 0.6) is 5.75 Å². The van der Waals surface area contributed by atoms with Crippen LogP contribution >= 0.6 is 0 Å². The largest absolute Gasteiger partial charge is 0.423 e. The average molecular weight is 260 g/mol. The van der Waals surface area contributed by atoms with Gasteiger partial charge < -0.3 is 4.74 Å². The second-order valence-electron chi connectivity index (χ2n) is 4.98.